The van der Waals surface area contributed by atoms with Crippen LogP contribution in [0.3, 0.4) is 0 Å². The normalized spacial score (nSPS) is 11.6. The van der Waals surface area contributed by atoms with Crippen molar-refractivity contribution in [2.24, 2.45) is 0 Å². The zero-order valence-corrected chi connectivity index (χ0v) is 18.7. The van der Waals surface area contributed by atoms with Crippen molar-refractivity contribution in [2.45, 2.75) is 47.0 Å². The van der Waals surface area contributed by atoms with Crippen LogP contribution in [0.25, 0.3) is 0 Å². The van der Waals surface area contributed by atoms with E-state index in [0.717, 1.165) is 5.56 Å². The number of nitro groups is 1. The Morgan fingerprint density at radius 3 is 1.67 bits per heavy atom. The second-order valence-corrected chi connectivity index (χ2v) is 6.91. The Kier molecular flexibility index (Phi) is 12.0. The number of anilines is 3. The van der Waals surface area contributed by atoms with Crippen LogP contribution in [0.4, 0.5) is 22.7 Å². The van der Waals surface area contributed by atoms with Crippen molar-refractivity contribution in [1.29, 1.82) is 0 Å². The molecule has 2 aromatic carbocycles. The molecule has 0 radical (unpaired) electrons. The van der Waals surface area contributed by atoms with Gasteiger partial charge in [0, 0.05) is 6.07 Å². The molecule has 0 amide bonds. The number of benzene rings is 2. The molecule has 2 atom stereocenters. The van der Waals surface area contributed by atoms with Crippen LogP contribution in [0.2, 0.25) is 0 Å². The molecule has 0 saturated heterocycles. The summed E-state index contributed by atoms with van der Waals surface area (Å²) in [6.07, 6.45) is 0. The van der Waals surface area contributed by atoms with Gasteiger partial charge in [-0.3, -0.25) is 19.7 Å². The third-order valence-corrected chi connectivity index (χ3v) is 4.64. The highest BCUT2D eigenvalue weighted by Gasteiger charge is 2.20. The molecule has 0 aliphatic heterocycles. The molecule has 0 saturated carbocycles. The van der Waals surface area contributed by atoms with Crippen molar-refractivity contribution >= 4 is 34.7 Å². The van der Waals surface area contributed by atoms with E-state index in [1.165, 1.54) is 12.1 Å². The molecule has 0 aliphatic rings. The van der Waals surface area contributed by atoms with Gasteiger partial charge in [-0.25, -0.2) is 0 Å². The fourth-order valence-corrected chi connectivity index (χ4v) is 2.66. The van der Waals surface area contributed by atoms with Gasteiger partial charge >= 0.3 is 11.9 Å². The summed E-state index contributed by atoms with van der Waals surface area (Å²) in [6.45, 7) is 7.56. The van der Waals surface area contributed by atoms with Crippen molar-refractivity contribution in [3.63, 3.8) is 0 Å². The Bertz CT molecular complexity index is 964. The van der Waals surface area contributed by atoms with E-state index in [0.29, 0.717) is 23.5 Å². The van der Waals surface area contributed by atoms with Crippen LogP contribution < -0.4 is 17.2 Å². The number of nitrogen functional groups attached to an aromatic ring is 3. The predicted octanol–water partition coefficient (Wildman–Crippen LogP) is 4.00. The Labute approximate surface area is 194 Å². The van der Waals surface area contributed by atoms with E-state index in [4.69, 9.17) is 26.7 Å². The second kappa shape index (κ2) is 13.6. The molecule has 0 bridgehead atoms. The first-order valence-corrected chi connectivity index (χ1v) is 10.0. The molecule has 0 aromatic heterocycles. The van der Waals surface area contributed by atoms with Crippen molar-refractivity contribution in [3.05, 3.63) is 57.6 Å². The third-order valence-electron chi connectivity index (χ3n) is 4.64. The van der Waals surface area contributed by atoms with Crippen LogP contribution in [-0.4, -0.2) is 30.1 Å². The van der Waals surface area contributed by atoms with Gasteiger partial charge < -0.3 is 26.7 Å². The van der Waals surface area contributed by atoms with E-state index in [9.17, 15) is 19.7 Å². The number of carbonyl (C=O) groups excluding carboxylic acids is 2. The summed E-state index contributed by atoms with van der Waals surface area (Å²) in [5.74, 6) is -1.52. The molecular formula is C23H34N4O6. The van der Waals surface area contributed by atoms with E-state index in [-0.39, 0.29) is 37.3 Å². The largest absolute Gasteiger partial charge is 0.466 e. The number of nitrogens with zero attached hydrogens (tertiary/aromatic N) is 1. The topological polar surface area (TPSA) is 174 Å². The molecule has 2 aromatic rings. The van der Waals surface area contributed by atoms with Gasteiger partial charge in [-0.05, 0) is 57.0 Å². The highest BCUT2D eigenvalue weighted by atomic mass is 16.6. The molecule has 33 heavy (non-hydrogen) atoms. The van der Waals surface area contributed by atoms with Crippen LogP contribution in [-0.2, 0) is 19.1 Å². The minimum Gasteiger partial charge on any atom is -0.466 e. The van der Waals surface area contributed by atoms with Gasteiger partial charge in [-0.15, -0.1) is 0 Å². The molecule has 2 rings (SSSR count). The summed E-state index contributed by atoms with van der Waals surface area (Å²) in [5, 5.41) is 10.7. The van der Waals surface area contributed by atoms with Gasteiger partial charge in [-0.1, -0.05) is 19.6 Å². The van der Waals surface area contributed by atoms with Crippen LogP contribution in [0.1, 0.15) is 58.1 Å². The maximum absolute atomic E-state index is 11.5. The first-order valence-electron chi connectivity index (χ1n) is 10.0. The van der Waals surface area contributed by atoms with Crippen molar-refractivity contribution in [1.82, 2.24) is 0 Å². The first-order chi connectivity index (χ1) is 15.0. The summed E-state index contributed by atoms with van der Waals surface area (Å²) in [5.41, 5.74) is 18.9. The number of ether oxygens (including phenoxy) is 2. The van der Waals surface area contributed by atoms with Gasteiger partial charge in [-0.2, -0.15) is 0 Å². The maximum Gasteiger partial charge on any atom is 0.313 e. The van der Waals surface area contributed by atoms with E-state index in [1.54, 1.807) is 52.0 Å². The lowest BCUT2D eigenvalue weighted by molar-refractivity contribution is -0.384. The number of carbonyl (C=O) groups is 2. The fourth-order valence-electron chi connectivity index (χ4n) is 2.66. The molecule has 0 heterocycles. The Hall–Kier alpha value is -3.82. The monoisotopic (exact) mass is 462 g/mol. The quantitative estimate of drug-likeness (QED) is 0.238. The zero-order chi connectivity index (χ0) is 24.4. The molecule has 0 aliphatic carbocycles. The van der Waals surface area contributed by atoms with Crippen LogP contribution in [0, 0.1) is 10.1 Å². The Morgan fingerprint density at radius 1 is 0.848 bits per heavy atom. The highest BCUT2D eigenvalue weighted by molar-refractivity contribution is 5.79. The standard InChI is InChI=1S/C11H14N2O4.C11H16N2O2.CH4/c1-3-17-11(14)7(2)8-4-5-9(12)10(6-8)13(15)16;1-3-15-11(14)7(2)8-4-5-9(12)10(13)6-8;/h4-7H,3,12H2,1-2H3;4-7H,3,12-13H2,1-2H3;1H4. The lowest BCUT2D eigenvalue weighted by atomic mass is 10.0. The zero-order valence-electron chi connectivity index (χ0n) is 18.7. The first kappa shape index (κ1) is 29.2. The number of hydrogen-bond acceptors (Lipinski definition) is 9. The van der Waals surface area contributed by atoms with Crippen LogP contribution >= 0.6 is 0 Å². The van der Waals surface area contributed by atoms with E-state index >= 15 is 0 Å². The van der Waals surface area contributed by atoms with Crippen molar-refractivity contribution in [3.8, 4) is 0 Å². The van der Waals surface area contributed by atoms with Gasteiger partial charge in [0.1, 0.15) is 5.69 Å². The molecule has 10 heteroatoms. The number of hydrogen-bond donors (Lipinski definition) is 3. The summed E-state index contributed by atoms with van der Waals surface area (Å²) in [6, 6.07) is 9.49. The van der Waals surface area contributed by atoms with Gasteiger partial charge in [0.05, 0.1) is 41.3 Å². The number of esters is 2. The molecule has 10 nitrogen and oxygen atoms in total. The molecule has 2 unspecified atom stereocenters. The Balaban J connectivity index is 0.000000607. The average Bonchev–Trinajstić information content (AvgIpc) is 2.75. The van der Waals surface area contributed by atoms with E-state index in [2.05, 4.69) is 0 Å². The third kappa shape index (κ3) is 8.32. The van der Waals surface area contributed by atoms with Crippen molar-refractivity contribution < 1.29 is 24.0 Å². The number of nitrogens with two attached hydrogens (primary N) is 3. The Morgan fingerprint density at radius 2 is 1.27 bits per heavy atom. The number of nitro benzene ring substituents is 1. The maximum atomic E-state index is 11.5. The lowest BCUT2D eigenvalue weighted by Gasteiger charge is -2.11. The van der Waals surface area contributed by atoms with Gasteiger partial charge in [0.15, 0.2) is 0 Å². The van der Waals surface area contributed by atoms with Crippen LogP contribution in [0.15, 0.2) is 36.4 Å². The summed E-state index contributed by atoms with van der Waals surface area (Å²) in [7, 11) is 0. The second-order valence-electron chi connectivity index (χ2n) is 6.91. The molecular weight excluding hydrogens is 428 g/mol. The molecule has 182 valence electrons. The highest BCUT2D eigenvalue weighted by Crippen LogP contribution is 2.27. The minimum atomic E-state index is -0.573. The van der Waals surface area contributed by atoms with E-state index < -0.39 is 16.8 Å². The van der Waals surface area contributed by atoms with Crippen molar-refractivity contribution in [2.75, 3.05) is 30.4 Å². The lowest BCUT2D eigenvalue weighted by Crippen LogP contribution is -2.13. The predicted molar refractivity (Wildman–Crippen MR) is 130 cm³/mol. The summed E-state index contributed by atoms with van der Waals surface area (Å²) < 4.78 is 9.77. The minimum absolute atomic E-state index is 0. The fraction of sp³-hybridized carbons (Fsp3) is 0.391. The SMILES string of the molecule is C.CCOC(=O)C(C)c1ccc(N)c(N)c1.CCOC(=O)C(C)c1ccc(N)c([N+](=O)[O-])c1. The van der Waals surface area contributed by atoms with E-state index in [1.807, 2.05) is 0 Å². The van der Waals surface area contributed by atoms with Gasteiger partial charge in [0.2, 0.25) is 0 Å². The summed E-state index contributed by atoms with van der Waals surface area (Å²) in [4.78, 5) is 33.1. The molecule has 6 N–H and O–H groups in total. The average molecular weight is 463 g/mol. The number of rotatable bonds is 7. The van der Waals surface area contributed by atoms with Gasteiger partial charge in [0.25, 0.3) is 5.69 Å². The summed E-state index contributed by atoms with van der Waals surface area (Å²) >= 11 is 0. The van der Waals surface area contributed by atoms with Crippen LogP contribution in [0.5, 0.6) is 0 Å². The molecule has 0 fully saturated rings. The molecule has 0 spiro atoms. The smallest absolute Gasteiger partial charge is 0.313 e.